The lowest BCUT2D eigenvalue weighted by Gasteiger charge is -2.20. The Morgan fingerprint density at radius 1 is 1.33 bits per heavy atom. The molecule has 1 amide bonds. The van der Waals surface area contributed by atoms with Crippen molar-refractivity contribution in [2.24, 2.45) is 5.41 Å². The van der Waals surface area contributed by atoms with Crippen molar-refractivity contribution in [1.29, 1.82) is 0 Å². The standard InChI is InChI=1S/C15H24N2O/c1-6-11-7-8-12(16)10(2)14(11)17-13(18)9-15(3,4)5/h7-8H,6,9,16H2,1-5H3,(H,17,18). The summed E-state index contributed by atoms with van der Waals surface area (Å²) in [5.74, 6) is 0.0471. The molecule has 0 atom stereocenters. The van der Waals surface area contributed by atoms with E-state index in [1.807, 2.05) is 19.1 Å². The molecular formula is C15H24N2O. The van der Waals surface area contributed by atoms with E-state index in [1.54, 1.807) is 0 Å². The highest BCUT2D eigenvalue weighted by atomic mass is 16.1. The lowest BCUT2D eigenvalue weighted by Crippen LogP contribution is -2.21. The Morgan fingerprint density at radius 2 is 1.94 bits per heavy atom. The molecule has 0 unspecified atom stereocenters. The summed E-state index contributed by atoms with van der Waals surface area (Å²) in [5, 5.41) is 3.01. The fourth-order valence-corrected chi connectivity index (χ4v) is 1.92. The van der Waals surface area contributed by atoms with Crippen molar-refractivity contribution in [1.82, 2.24) is 0 Å². The molecule has 0 heterocycles. The van der Waals surface area contributed by atoms with Gasteiger partial charge in [-0.3, -0.25) is 4.79 Å². The Labute approximate surface area is 110 Å². The number of anilines is 2. The van der Waals surface area contributed by atoms with E-state index in [4.69, 9.17) is 5.73 Å². The van der Waals surface area contributed by atoms with Crippen LogP contribution in [0.2, 0.25) is 0 Å². The van der Waals surface area contributed by atoms with Crippen LogP contribution in [-0.4, -0.2) is 5.91 Å². The number of rotatable bonds is 3. The van der Waals surface area contributed by atoms with Gasteiger partial charge in [0, 0.05) is 17.8 Å². The van der Waals surface area contributed by atoms with E-state index in [0.29, 0.717) is 6.42 Å². The van der Waals surface area contributed by atoms with E-state index < -0.39 is 0 Å². The molecule has 0 spiro atoms. The van der Waals surface area contributed by atoms with Gasteiger partial charge in [0.05, 0.1) is 0 Å². The number of carbonyl (C=O) groups excluding carboxylic acids is 1. The van der Waals surface area contributed by atoms with Crippen LogP contribution in [0.5, 0.6) is 0 Å². The molecule has 0 aromatic heterocycles. The normalized spacial score (nSPS) is 11.4. The number of hydrogen-bond acceptors (Lipinski definition) is 2. The molecule has 1 rings (SSSR count). The first-order valence-corrected chi connectivity index (χ1v) is 6.42. The number of hydrogen-bond donors (Lipinski definition) is 2. The molecule has 0 aliphatic heterocycles. The first-order chi connectivity index (χ1) is 8.24. The number of carbonyl (C=O) groups is 1. The molecule has 18 heavy (non-hydrogen) atoms. The number of nitrogens with two attached hydrogens (primary N) is 1. The smallest absolute Gasteiger partial charge is 0.224 e. The topological polar surface area (TPSA) is 55.1 Å². The second kappa shape index (κ2) is 5.42. The Balaban J connectivity index is 2.96. The Bertz CT molecular complexity index is 445. The van der Waals surface area contributed by atoms with Gasteiger partial charge in [0.1, 0.15) is 0 Å². The minimum absolute atomic E-state index is 0.00924. The molecule has 3 N–H and O–H groups in total. The largest absolute Gasteiger partial charge is 0.398 e. The van der Waals surface area contributed by atoms with Crippen molar-refractivity contribution >= 4 is 17.3 Å². The van der Waals surface area contributed by atoms with Crippen LogP contribution in [0.25, 0.3) is 0 Å². The van der Waals surface area contributed by atoms with Crippen LogP contribution in [0.1, 0.15) is 45.2 Å². The van der Waals surface area contributed by atoms with Gasteiger partial charge in [-0.1, -0.05) is 33.8 Å². The third kappa shape index (κ3) is 3.76. The second-order valence-electron chi connectivity index (χ2n) is 5.95. The first-order valence-electron chi connectivity index (χ1n) is 6.42. The molecule has 100 valence electrons. The van der Waals surface area contributed by atoms with Crippen molar-refractivity contribution < 1.29 is 4.79 Å². The molecule has 0 aliphatic carbocycles. The van der Waals surface area contributed by atoms with Crippen molar-refractivity contribution in [2.75, 3.05) is 11.1 Å². The zero-order valence-electron chi connectivity index (χ0n) is 12.1. The molecule has 3 heteroatoms. The van der Waals surface area contributed by atoms with Crippen LogP contribution in [-0.2, 0) is 11.2 Å². The SMILES string of the molecule is CCc1ccc(N)c(C)c1NC(=O)CC(C)(C)C. The fraction of sp³-hybridized carbons (Fsp3) is 0.533. The molecule has 0 saturated heterocycles. The van der Waals surface area contributed by atoms with Gasteiger partial charge < -0.3 is 11.1 Å². The Hall–Kier alpha value is -1.51. The van der Waals surface area contributed by atoms with Crippen molar-refractivity contribution in [2.45, 2.75) is 47.5 Å². The molecule has 0 fully saturated rings. The zero-order chi connectivity index (χ0) is 13.9. The fourth-order valence-electron chi connectivity index (χ4n) is 1.92. The van der Waals surface area contributed by atoms with Gasteiger partial charge in [0.25, 0.3) is 0 Å². The van der Waals surface area contributed by atoms with E-state index in [0.717, 1.165) is 28.9 Å². The lowest BCUT2D eigenvalue weighted by atomic mass is 9.91. The van der Waals surface area contributed by atoms with Crippen LogP contribution < -0.4 is 11.1 Å². The third-order valence-corrected chi connectivity index (χ3v) is 2.93. The second-order valence-corrected chi connectivity index (χ2v) is 5.95. The molecule has 0 bridgehead atoms. The minimum atomic E-state index is -0.00924. The number of aryl methyl sites for hydroxylation is 1. The molecular weight excluding hydrogens is 224 g/mol. The number of amides is 1. The molecule has 0 aliphatic rings. The van der Waals surface area contributed by atoms with E-state index in [1.165, 1.54) is 0 Å². The average molecular weight is 248 g/mol. The summed E-state index contributed by atoms with van der Waals surface area (Å²) in [7, 11) is 0. The maximum atomic E-state index is 12.0. The number of benzene rings is 1. The molecule has 3 nitrogen and oxygen atoms in total. The van der Waals surface area contributed by atoms with Crippen LogP contribution in [0, 0.1) is 12.3 Å². The Morgan fingerprint density at radius 3 is 2.44 bits per heavy atom. The summed E-state index contributed by atoms with van der Waals surface area (Å²) in [4.78, 5) is 12.0. The highest BCUT2D eigenvalue weighted by Crippen LogP contribution is 2.27. The van der Waals surface area contributed by atoms with Gasteiger partial charge in [-0.25, -0.2) is 0 Å². The van der Waals surface area contributed by atoms with E-state index in [-0.39, 0.29) is 11.3 Å². The maximum absolute atomic E-state index is 12.0. The van der Waals surface area contributed by atoms with Gasteiger partial charge in [-0.2, -0.15) is 0 Å². The lowest BCUT2D eigenvalue weighted by molar-refractivity contribution is -0.117. The molecule has 0 radical (unpaired) electrons. The predicted octanol–water partition coefficient (Wildman–Crippen LogP) is 3.51. The number of nitrogen functional groups attached to an aromatic ring is 1. The van der Waals surface area contributed by atoms with Crippen molar-refractivity contribution in [3.63, 3.8) is 0 Å². The zero-order valence-corrected chi connectivity index (χ0v) is 12.1. The van der Waals surface area contributed by atoms with Crippen LogP contribution in [0.15, 0.2) is 12.1 Å². The van der Waals surface area contributed by atoms with E-state index in [2.05, 4.69) is 33.0 Å². The van der Waals surface area contributed by atoms with Gasteiger partial charge in [-0.15, -0.1) is 0 Å². The highest BCUT2D eigenvalue weighted by Gasteiger charge is 2.17. The van der Waals surface area contributed by atoms with Crippen molar-refractivity contribution in [3.05, 3.63) is 23.3 Å². The van der Waals surface area contributed by atoms with Crippen LogP contribution in [0.4, 0.5) is 11.4 Å². The van der Waals surface area contributed by atoms with E-state index >= 15 is 0 Å². The summed E-state index contributed by atoms with van der Waals surface area (Å²) < 4.78 is 0. The molecule has 0 saturated carbocycles. The quantitative estimate of drug-likeness (QED) is 0.804. The van der Waals surface area contributed by atoms with Crippen molar-refractivity contribution in [3.8, 4) is 0 Å². The van der Waals surface area contributed by atoms with Gasteiger partial charge in [0.2, 0.25) is 5.91 Å². The summed E-state index contributed by atoms with van der Waals surface area (Å²) in [6, 6.07) is 3.88. The van der Waals surface area contributed by atoms with E-state index in [9.17, 15) is 4.79 Å². The molecule has 1 aromatic rings. The highest BCUT2D eigenvalue weighted by molar-refractivity contribution is 5.93. The summed E-state index contributed by atoms with van der Waals surface area (Å²) >= 11 is 0. The summed E-state index contributed by atoms with van der Waals surface area (Å²) in [5.41, 5.74) is 9.57. The summed E-state index contributed by atoms with van der Waals surface area (Å²) in [6.07, 6.45) is 1.39. The molecule has 1 aromatic carbocycles. The monoisotopic (exact) mass is 248 g/mol. The van der Waals surface area contributed by atoms with Crippen LogP contribution >= 0.6 is 0 Å². The van der Waals surface area contributed by atoms with Crippen LogP contribution in [0.3, 0.4) is 0 Å². The first kappa shape index (κ1) is 14.6. The average Bonchev–Trinajstić information content (AvgIpc) is 2.22. The predicted molar refractivity (Wildman–Crippen MR) is 77.7 cm³/mol. The Kier molecular flexibility index (Phi) is 4.38. The van der Waals surface area contributed by atoms with Gasteiger partial charge in [-0.05, 0) is 36.0 Å². The van der Waals surface area contributed by atoms with Gasteiger partial charge in [0.15, 0.2) is 0 Å². The summed E-state index contributed by atoms with van der Waals surface area (Å²) in [6.45, 7) is 10.2. The maximum Gasteiger partial charge on any atom is 0.224 e. The van der Waals surface area contributed by atoms with Gasteiger partial charge >= 0.3 is 0 Å². The third-order valence-electron chi connectivity index (χ3n) is 2.93. The minimum Gasteiger partial charge on any atom is -0.398 e. The number of nitrogens with one attached hydrogen (secondary N) is 1.